The molecule has 1 saturated heterocycles. The molecule has 0 saturated carbocycles. The molecule has 0 aliphatic carbocycles. The minimum absolute atomic E-state index is 0.200. The molecule has 8 heteroatoms. The van der Waals surface area contributed by atoms with Gasteiger partial charge in [0.1, 0.15) is 11.6 Å². The lowest BCUT2D eigenvalue weighted by molar-refractivity contribution is -0.126. The summed E-state index contributed by atoms with van der Waals surface area (Å²) < 4.78 is 7.26. The number of fused-ring (bicyclic) bond motifs is 1. The molecular weight excluding hydrogens is 334 g/mol. The van der Waals surface area contributed by atoms with Crippen LogP contribution >= 0.6 is 0 Å². The summed E-state index contributed by atoms with van der Waals surface area (Å²) in [5.74, 6) is 0.448. The van der Waals surface area contributed by atoms with Crippen LogP contribution in [0.2, 0.25) is 0 Å². The van der Waals surface area contributed by atoms with Gasteiger partial charge in [0.15, 0.2) is 11.5 Å². The van der Waals surface area contributed by atoms with E-state index in [-0.39, 0.29) is 11.9 Å². The quantitative estimate of drug-likeness (QED) is 0.908. The SMILES string of the molecule is CC(NC(=O)C1CCCN1C(=O)OC(C)(C)C)c1nnc2ccccn12. The van der Waals surface area contributed by atoms with Gasteiger partial charge in [-0.3, -0.25) is 14.1 Å². The molecule has 1 aliphatic rings. The number of nitrogens with one attached hydrogen (secondary N) is 1. The Labute approximate surface area is 152 Å². The fourth-order valence-electron chi connectivity index (χ4n) is 3.11. The molecule has 3 rings (SSSR count). The highest BCUT2D eigenvalue weighted by molar-refractivity contribution is 5.86. The summed E-state index contributed by atoms with van der Waals surface area (Å²) in [7, 11) is 0. The predicted molar refractivity (Wildman–Crippen MR) is 95.5 cm³/mol. The zero-order valence-electron chi connectivity index (χ0n) is 15.6. The molecule has 26 heavy (non-hydrogen) atoms. The van der Waals surface area contributed by atoms with Crippen LogP contribution in [-0.4, -0.2) is 49.7 Å². The van der Waals surface area contributed by atoms with Crippen LogP contribution in [0.5, 0.6) is 0 Å². The van der Waals surface area contributed by atoms with Gasteiger partial charge in [-0.2, -0.15) is 0 Å². The number of likely N-dealkylation sites (tertiary alicyclic amines) is 1. The van der Waals surface area contributed by atoms with E-state index in [2.05, 4.69) is 15.5 Å². The molecule has 0 bridgehead atoms. The van der Waals surface area contributed by atoms with Crippen molar-refractivity contribution in [2.24, 2.45) is 0 Å². The average molecular weight is 359 g/mol. The van der Waals surface area contributed by atoms with Gasteiger partial charge in [0.05, 0.1) is 6.04 Å². The third kappa shape index (κ3) is 3.79. The topological polar surface area (TPSA) is 88.8 Å². The molecule has 0 radical (unpaired) electrons. The molecule has 2 aromatic rings. The molecule has 1 N–H and O–H groups in total. The van der Waals surface area contributed by atoms with Crippen LogP contribution in [0.15, 0.2) is 24.4 Å². The van der Waals surface area contributed by atoms with Gasteiger partial charge in [-0.25, -0.2) is 4.79 Å². The van der Waals surface area contributed by atoms with E-state index in [1.54, 1.807) is 0 Å². The van der Waals surface area contributed by atoms with Crippen molar-refractivity contribution in [1.29, 1.82) is 0 Å². The van der Waals surface area contributed by atoms with Gasteiger partial charge in [-0.05, 0) is 52.7 Å². The highest BCUT2D eigenvalue weighted by Crippen LogP contribution is 2.22. The number of rotatable bonds is 3. The predicted octanol–water partition coefficient (Wildman–Crippen LogP) is 2.31. The molecule has 1 aliphatic heterocycles. The standard InChI is InChI=1S/C18H25N5O3/c1-12(15-21-20-14-9-5-6-10-23(14)15)19-16(24)13-8-7-11-22(13)17(25)26-18(2,3)4/h5-6,9-10,12-13H,7-8,11H2,1-4H3,(H,19,24). The first-order chi connectivity index (χ1) is 12.3. The number of amides is 2. The van der Waals surface area contributed by atoms with E-state index >= 15 is 0 Å². The summed E-state index contributed by atoms with van der Waals surface area (Å²) >= 11 is 0. The maximum absolute atomic E-state index is 12.7. The Balaban J connectivity index is 1.69. The van der Waals surface area contributed by atoms with Crippen LogP contribution in [-0.2, 0) is 9.53 Å². The van der Waals surface area contributed by atoms with Crippen LogP contribution in [0, 0.1) is 0 Å². The molecule has 8 nitrogen and oxygen atoms in total. The second-order valence-corrected chi connectivity index (χ2v) is 7.55. The van der Waals surface area contributed by atoms with Crippen LogP contribution in [0.25, 0.3) is 5.65 Å². The largest absolute Gasteiger partial charge is 0.444 e. The van der Waals surface area contributed by atoms with Crippen molar-refractivity contribution in [3.8, 4) is 0 Å². The maximum atomic E-state index is 12.7. The van der Waals surface area contributed by atoms with Crippen LogP contribution in [0.4, 0.5) is 4.79 Å². The highest BCUT2D eigenvalue weighted by Gasteiger charge is 2.37. The Bertz CT molecular complexity index is 811. The number of carbonyl (C=O) groups excluding carboxylic acids is 2. The smallest absolute Gasteiger partial charge is 0.410 e. The summed E-state index contributed by atoms with van der Waals surface area (Å²) in [6, 6.07) is 4.77. The fourth-order valence-corrected chi connectivity index (χ4v) is 3.11. The van der Waals surface area contributed by atoms with Crippen molar-refractivity contribution in [2.75, 3.05) is 6.54 Å². The summed E-state index contributed by atoms with van der Waals surface area (Å²) in [6.07, 6.45) is 2.81. The monoisotopic (exact) mass is 359 g/mol. The van der Waals surface area contributed by atoms with Gasteiger partial charge >= 0.3 is 6.09 Å². The Morgan fingerprint density at radius 1 is 1.31 bits per heavy atom. The molecule has 1 fully saturated rings. The van der Waals surface area contributed by atoms with Crippen molar-refractivity contribution >= 4 is 17.6 Å². The second kappa shape index (κ2) is 6.93. The second-order valence-electron chi connectivity index (χ2n) is 7.55. The zero-order chi connectivity index (χ0) is 18.9. The molecule has 0 spiro atoms. The maximum Gasteiger partial charge on any atom is 0.410 e. The van der Waals surface area contributed by atoms with Gasteiger partial charge in [0.25, 0.3) is 0 Å². The van der Waals surface area contributed by atoms with Gasteiger partial charge < -0.3 is 10.1 Å². The first kappa shape index (κ1) is 18.2. The van der Waals surface area contributed by atoms with E-state index < -0.39 is 17.7 Å². The number of aromatic nitrogens is 3. The summed E-state index contributed by atoms with van der Waals surface area (Å²) in [5.41, 5.74) is 0.133. The first-order valence-electron chi connectivity index (χ1n) is 8.86. The van der Waals surface area contributed by atoms with Crippen molar-refractivity contribution in [3.05, 3.63) is 30.2 Å². The first-order valence-corrected chi connectivity index (χ1v) is 8.86. The molecule has 140 valence electrons. The summed E-state index contributed by atoms with van der Waals surface area (Å²) in [6.45, 7) is 7.82. The van der Waals surface area contributed by atoms with Crippen molar-refractivity contribution in [3.63, 3.8) is 0 Å². The lowest BCUT2D eigenvalue weighted by Gasteiger charge is -2.28. The minimum Gasteiger partial charge on any atom is -0.444 e. The van der Waals surface area contributed by atoms with E-state index in [1.807, 2.05) is 56.5 Å². The third-order valence-electron chi connectivity index (χ3n) is 4.27. The van der Waals surface area contributed by atoms with Crippen molar-refractivity contribution in [1.82, 2.24) is 24.8 Å². The number of ether oxygens (including phenoxy) is 1. The van der Waals surface area contributed by atoms with Crippen molar-refractivity contribution < 1.29 is 14.3 Å². The lowest BCUT2D eigenvalue weighted by Crippen LogP contribution is -2.48. The summed E-state index contributed by atoms with van der Waals surface area (Å²) in [4.78, 5) is 26.6. The normalized spacial score (nSPS) is 18.8. The Hall–Kier alpha value is -2.64. The third-order valence-corrected chi connectivity index (χ3v) is 4.27. The van der Waals surface area contributed by atoms with Gasteiger partial charge in [0.2, 0.25) is 5.91 Å². The zero-order valence-corrected chi connectivity index (χ0v) is 15.6. The van der Waals surface area contributed by atoms with E-state index in [1.165, 1.54) is 4.90 Å². The molecule has 3 heterocycles. The Morgan fingerprint density at radius 3 is 2.81 bits per heavy atom. The molecule has 2 amide bonds. The minimum atomic E-state index is -0.589. The van der Waals surface area contributed by atoms with E-state index in [4.69, 9.17) is 4.74 Å². The molecular formula is C18H25N5O3. The number of pyridine rings is 1. The molecule has 2 aromatic heterocycles. The number of carbonyl (C=O) groups is 2. The molecule has 0 aromatic carbocycles. The Kier molecular flexibility index (Phi) is 4.84. The molecule has 2 unspecified atom stereocenters. The van der Waals surface area contributed by atoms with Crippen molar-refractivity contribution in [2.45, 2.75) is 58.2 Å². The Morgan fingerprint density at radius 2 is 2.08 bits per heavy atom. The number of nitrogens with zero attached hydrogens (tertiary/aromatic N) is 4. The average Bonchev–Trinajstić information content (AvgIpc) is 3.20. The van der Waals surface area contributed by atoms with Crippen LogP contribution < -0.4 is 5.32 Å². The van der Waals surface area contributed by atoms with Crippen LogP contribution in [0.1, 0.15) is 52.4 Å². The van der Waals surface area contributed by atoms with Crippen LogP contribution in [0.3, 0.4) is 0 Å². The van der Waals surface area contributed by atoms with E-state index in [9.17, 15) is 9.59 Å². The van der Waals surface area contributed by atoms with Gasteiger partial charge in [-0.15, -0.1) is 10.2 Å². The van der Waals surface area contributed by atoms with E-state index in [0.29, 0.717) is 18.8 Å². The number of hydrogen-bond acceptors (Lipinski definition) is 5. The number of hydrogen-bond donors (Lipinski definition) is 1. The lowest BCUT2D eigenvalue weighted by atomic mass is 10.2. The van der Waals surface area contributed by atoms with Gasteiger partial charge in [-0.1, -0.05) is 6.07 Å². The molecule has 2 atom stereocenters. The van der Waals surface area contributed by atoms with Gasteiger partial charge in [0, 0.05) is 12.7 Å². The summed E-state index contributed by atoms with van der Waals surface area (Å²) in [5, 5.41) is 11.2. The fraction of sp³-hybridized carbons (Fsp3) is 0.556. The van der Waals surface area contributed by atoms with E-state index in [0.717, 1.165) is 12.1 Å². The highest BCUT2D eigenvalue weighted by atomic mass is 16.6.